The van der Waals surface area contributed by atoms with Crippen LogP contribution in [0, 0.1) is 6.92 Å². The minimum atomic E-state index is -4.27. The fourth-order valence-corrected chi connectivity index (χ4v) is 5.02. The minimum absolute atomic E-state index is 0.178. The highest BCUT2D eigenvalue weighted by Crippen LogP contribution is 2.14. The Balaban J connectivity index is 0.000000818. The van der Waals surface area contributed by atoms with Crippen molar-refractivity contribution in [2.24, 2.45) is 0 Å². The fourth-order valence-electron chi connectivity index (χ4n) is 4.15. The monoisotopic (exact) mass is 517 g/mol. The SMILES string of the molecule is CCCCCCCCC[N+](C)(CCCl)CCCCCCCCC.Cc1ccc(S(=O)(=O)[O-])cc1. The van der Waals surface area contributed by atoms with Crippen LogP contribution < -0.4 is 0 Å². The van der Waals surface area contributed by atoms with Crippen LogP contribution in [-0.4, -0.2) is 50.0 Å². The standard InChI is InChI=1S/C21H45ClN.C7H8O3S/c1-4-6-8-10-12-14-16-19-23(3,21-18-22)20-17-15-13-11-9-7-5-2;1-6-2-4-7(5-3-6)11(8,9)10/h4-21H2,1-3H3;2-5H,1H3,(H,8,9,10)/q+1;/p-1. The Morgan fingerprint density at radius 3 is 1.44 bits per heavy atom. The van der Waals surface area contributed by atoms with Crippen molar-refractivity contribution >= 4 is 21.7 Å². The van der Waals surface area contributed by atoms with Gasteiger partial charge >= 0.3 is 0 Å². The van der Waals surface area contributed by atoms with Crippen molar-refractivity contribution in [1.29, 1.82) is 0 Å². The molecule has 0 aliphatic carbocycles. The molecule has 0 aliphatic rings. The molecule has 0 spiro atoms. The minimum Gasteiger partial charge on any atom is -0.744 e. The van der Waals surface area contributed by atoms with Crippen molar-refractivity contribution < 1.29 is 17.5 Å². The first-order valence-corrected chi connectivity index (χ1v) is 15.5. The third-order valence-electron chi connectivity index (χ3n) is 6.54. The second-order valence-corrected chi connectivity index (χ2v) is 11.7. The Morgan fingerprint density at radius 2 is 1.09 bits per heavy atom. The molecule has 0 bridgehead atoms. The van der Waals surface area contributed by atoms with E-state index in [9.17, 15) is 13.0 Å². The summed E-state index contributed by atoms with van der Waals surface area (Å²) in [6.45, 7) is 10.2. The molecule has 0 fully saturated rings. The topological polar surface area (TPSA) is 57.2 Å². The predicted molar refractivity (Wildman–Crippen MR) is 147 cm³/mol. The molecule has 0 unspecified atom stereocenters. The number of quaternary nitrogens is 1. The van der Waals surface area contributed by atoms with Gasteiger partial charge in [-0.2, -0.15) is 0 Å². The molecule has 1 aromatic carbocycles. The van der Waals surface area contributed by atoms with E-state index in [-0.39, 0.29) is 4.90 Å². The lowest BCUT2D eigenvalue weighted by Crippen LogP contribution is -2.47. The quantitative estimate of drug-likeness (QED) is 0.0806. The van der Waals surface area contributed by atoms with Gasteiger partial charge in [0.1, 0.15) is 10.1 Å². The summed E-state index contributed by atoms with van der Waals surface area (Å²) in [6, 6.07) is 5.78. The zero-order valence-electron chi connectivity index (χ0n) is 22.5. The highest BCUT2D eigenvalue weighted by atomic mass is 35.5. The maximum absolute atomic E-state index is 10.4. The molecule has 34 heavy (non-hydrogen) atoms. The molecule has 0 radical (unpaired) electrons. The molecule has 1 rings (SSSR count). The third-order valence-corrected chi connectivity index (χ3v) is 7.56. The van der Waals surface area contributed by atoms with Crippen LogP contribution >= 0.6 is 11.6 Å². The molecule has 0 amide bonds. The van der Waals surface area contributed by atoms with E-state index in [1.807, 2.05) is 6.92 Å². The average Bonchev–Trinajstić information content (AvgIpc) is 2.78. The van der Waals surface area contributed by atoms with Gasteiger partial charge in [-0.15, -0.1) is 11.6 Å². The summed E-state index contributed by atoms with van der Waals surface area (Å²) in [5.74, 6) is 0.809. The number of benzene rings is 1. The third kappa shape index (κ3) is 18.7. The molecule has 0 heterocycles. The number of rotatable bonds is 19. The number of nitrogens with zero attached hydrogens (tertiary/aromatic N) is 1. The van der Waals surface area contributed by atoms with Crippen LogP contribution in [-0.2, 0) is 10.1 Å². The molecule has 4 nitrogen and oxygen atoms in total. The van der Waals surface area contributed by atoms with E-state index >= 15 is 0 Å². The molecular weight excluding hydrogens is 466 g/mol. The van der Waals surface area contributed by atoms with Gasteiger partial charge in [0.15, 0.2) is 0 Å². The van der Waals surface area contributed by atoms with Gasteiger partial charge in [0.05, 0.1) is 37.5 Å². The number of hydrogen-bond acceptors (Lipinski definition) is 3. The largest absolute Gasteiger partial charge is 0.744 e. The maximum atomic E-state index is 10.4. The Labute approximate surface area is 216 Å². The van der Waals surface area contributed by atoms with Crippen molar-refractivity contribution in [2.45, 2.75) is 116 Å². The summed E-state index contributed by atoms with van der Waals surface area (Å²) in [7, 11) is -1.84. The second kappa shape index (κ2) is 20.6. The number of halogens is 1. The van der Waals surface area contributed by atoms with Gasteiger partial charge in [-0.05, 0) is 44.7 Å². The van der Waals surface area contributed by atoms with Crippen LogP contribution in [0.25, 0.3) is 0 Å². The molecule has 0 aromatic heterocycles. The molecule has 200 valence electrons. The Kier molecular flexibility index (Phi) is 20.2. The van der Waals surface area contributed by atoms with Crippen LogP contribution in [0.2, 0.25) is 0 Å². The van der Waals surface area contributed by atoms with E-state index in [0.717, 1.165) is 18.0 Å². The van der Waals surface area contributed by atoms with Gasteiger partial charge in [-0.3, -0.25) is 0 Å². The molecule has 0 aliphatic heterocycles. The van der Waals surface area contributed by atoms with Crippen LogP contribution in [0.1, 0.15) is 109 Å². The summed E-state index contributed by atoms with van der Waals surface area (Å²) in [5.41, 5.74) is 0.928. The van der Waals surface area contributed by atoms with Crippen LogP contribution in [0.4, 0.5) is 0 Å². The van der Waals surface area contributed by atoms with E-state index in [4.69, 9.17) is 11.6 Å². The van der Waals surface area contributed by atoms with Crippen molar-refractivity contribution in [3.05, 3.63) is 29.8 Å². The molecule has 0 saturated carbocycles. The van der Waals surface area contributed by atoms with Gasteiger partial charge in [-0.25, -0.2) is 8.42 Å². The predicted octanol–water partition coefficient (Wildman–Crippen LogP) is 8.07. The zero-order valence-corrected chi connectivity index (χ0v) is 24.1. The van der Waals surface area contributed by atoms with Gasteiger partial charge in [0, 0.05) is 0 Å². The summed E-state index contributed by atoms with van der Waals surface area (Å²) in [6.07, 6.45) is 19.7. The maximum Gasteiger partial charge on any atom is 0.124 e. The summed E-state index contributed by atoms with van der Waals surface area (Å²) in [4.78, 5) is -0.178. The zero-order chi connectivity index (χ0) is 25.7. The Bertz CT molecular complexity index is 674. The summed E-state index contributed by atoms with van der Waals surface area (Å²) >= 11 is 6.06. The van der Waals surface area contributed by atoms with Crippen LogP contribution in [0.3, 0.4) is 0 Å². The van der Waals surface area contributed by atoms with Crippen molar-refractivity contribution in [3.63, 3.8) is 0 Å². The molecule has 0 saturated heterocycles. The molecule has 0 N–H and O–H groups in total. The van der Waals surface area contributed by atoms with E-state index < -0.39 is 10.1 Å². The molecule has 1 aromatic rings. The van der Waals surface area contributed by atoms with E-state index in [2.05, 4.69) is 20.9 Å². The van der Waals surface area contributed by atoms with Crippen molar-refractivity contribution in [1.82, 2.24) is 0 Å². The normalized spacial score (nSPS) is 11.8. The smallest absolute Gasteiger partial charge is 0.124 e. The molecular formula is C28H52ClNO3S. The lowest BCUT2D eigenvalue weighted by molar-refractivity contribution is -0.907. The molecule has 0 atom stereocenters. The lowest BCUT2D eigenvalue weighted by Gasteiger charge is -2.34. The first-order chi connectivity index (χ1) is 16.2. The Hall–Kier alpha value is -0.620. The number of alkyl halides is 1. The van der Waals surface area contributed by atoms with Crippen molar-refractivity contribution in [3.8, 4) is 0 Å². The fraction of sp³-hybridized carbons (Fsp3) is 0.786. The van der Waals surface area contributed by atoms with Gasteiger partial charge in [0.2, 0.25) is 0 Å². The number of aryl methyl sites for hydroxylation is 1. The van der Waals surface area contributed by atoms with E-state index in [1.54, 1.807) is 12.1 Å². The number of hydrogen-bond donors (Lipinski definition) is 0. The first kappa shape index (κ1) is 33.4. The van der Waals surface area contributed by atoms with E-state index in [1.165, 1.54) is 120 Å². The lowest BCUT2D eigenvalue weighted by atomic mass is 10.1. The molecule has 6 heteroatoms. The van der Waals surface area contributed by atoms with Crippen LogP contribution in [0.5, 0.6) is 0 Å². The van der Waals surface area contributed by atoms with Gasteiger partial charge in [0.25, 0.3) is 0 Å². The van der Waals surface area contributed by atoms with E-state index in [0.29, 0.717) is 0 Å². The summed E-state index contributed by atoms with van der Waals surface area (Å²) in [5, 5.41) is 0. The van der Waals surface area contributed by atoms with Crippen LogP contribution in [0.15, 0.2) is 29.2 Å². The van der Waals surface area contributed by atoms with Gasteiger partial charge in [-0.1, -0.05) is 95.8 Å². The number of unbranched alkanes of at least 4 members (excludes halogenated alkanes) is 12. The second-order valence-electron chi connectivity index (χ2n) is 9.99. The first-order valence-electron chi connectivity index (χ1n) is 13.6. The summed E-state index contributed by atoms with van der Waals surface area (Å²) < 4.78 is 32.4. The van der Waals surface area contributed by atoms with Gasteiger partial charge < -0.3 is 9.04 Å². The average molecular weight is 518 g/mol. The highest BCUT2D eigenvalue weighted by molar-refractivity contribution is 7.85. The highest BCUT2D eigenvalue weighted by Gasteiger charge is 2.19. The van der Waals surface area contributed by atoms with Crippen molar-refractivity contribution in [2.75, 3.05) is 32.6 Å². The Morgan fingerprint density at radius 1 is 0.706 bits per heavy atom.